The van der Waals surface area contributed by atoms with E-state index in [9.17, 15) is 18.5 Å². The molecule has 0 spiro atoms. The molecule has 2 aromatic rings. The van der Waals surface area contributed by atoms with E-state index < -0.39 is 20.6 Å². The second kappa shape index (κ2) is 6.27. The number of rotatable bonds is 6. The fourth-order valence-corrected chi connectivity index (χ4v) is 4.46. The summed E-state index contributed by atoms with van der Waals surface area (Å²) in [6.07, 6.45) is 1.08. The SMILES string of the molecule is Cc1cccc([N+](=O)[O-])c1S(=O)(=O)N(C)Cc1ccc(C2CC2C)o1. The van der Waals surface area contributed by atoms with Gasteiger partial charge in [-0.3, -0.25) is 10.1 Å². The number of nitro benzene ring substituents is 1. The smallest absolute Gasteiger partial charge is 0.289 e. The van der Waals surface area contributed by atoms with E-state index in [0.29, 0.717) is 23.2 Å². The number of nitro groups is 1. The van der Waals surface area contributed by atoms with Gasteiger partial charge in [-0.15, -0.1) is 0 Å². The van der Waals surface area contributed by atoms with Crippen molar-refractivity contribution in [2.75, 3.05) is 7.05 Å². The highest BCUT2D eigenvalue weighted by Crippen LogP contribution is 2.47. The number of aryl methyl sites for hydroxylation is 1. The Morgan fingerprint density at radius 2 is 2.00 bits per heavy atom. The molecule has 1 aliphatic rings. The zero-order chi connectivity index (χ0) is 18.4. The molecule has 1 fully saturated rings. The highest BCUT2D eigenvalue weighted by Gasteiger charge is 2.37. The number of hydrogen-bond acceptors (Lipinski definition) is 5. The summed E-state index contributed by atoms with van der Waals surface area (Å²) in [6, 6.07) is 7.86. The fraction of sp³-hybridized carbons (Fsp3) is 0.412. The summed E-state index contributed by atoms with van der Waals surface area (Å²) in [7, 11) is -2.62. The number of nitrogens with zero attached hydrogens (tertiary/aromatic N) is 2. The molecular weight excluding hydrogens is 344 g/mol. The van der Waals surface area contributed by atoms with Crippen LogP contribution in [0.25, 0.3) is 0 Å². The molecule has 0 bridgehead atoms. The van der Waals surface area contributed by atoms with Gasteiger partial charge in [0.15, 0.2) is 4.90 Å². The standard InChI is InChI=1S/C17H20N2O5S/c1-11-5-4-6-15(19(20)21)17(11)25(22,23)18(3)10-13-7-8-16(24-13)14-9-12(14)2/h4-8,12,14H,9-10H2,1-3H3. The number of benzene rings is 1. The summed E-state index contributed by atoms with van der Waals surface area (Å²) < 4.78 is 32.6. The molecule has 0 aliphatic heterocycles. The lowest BCUT2D eigenvalue weighted by molar-refractivity contribution is -0.387. The number of sulfonamides is 1. The fourth-order valence-electron chi connectivity index (χ4n) is 2.97. The normalized spacial score (nSPS) is 20.0. The Bertz CT molecular complexity index is 919. The summed E-state index contributed by atoms with van der Waals surface area (Å²) in [4.78, 5) is 10.3. The molecule has 2 atom stereocenters. The van der Waals surface area contributed by atoms with Crippen LogP contribution >= 0.6 is 0 Å². The monoisotopic (exact) mass is 364 g/mol. The van der Waals surface area contributed by atoms with Crippen molar-refractivity contribution >= 4 is 15.7 Å². The molecule has 25 heavy (non-hydrogen) atoms. The van der Waals surface area contributed by atoms with E-state index in [0.717, 1.165) is 16.5 Å². The van der Waals surface area contributed by atoms with Crippen molar-refractivity contribution in [2.24, 2.45) is 5.92 Å². The van der Waals surface area contributed by atoms with Gasteiger partial charge in [-0.2, -0.15) is 4.31 Å². The van der Waals surface area contributed by atoms with Crippen LogP contribution in [0, 0.1) is 23.0 Å². The second-order valence-electron chi connectivity index (χ2n) is 6.56. The summed E-state index contributed by atoms with van der Waals surface area (Å²) in [5.41, 5.74) is -0.0771. The predicted molar refractivity (Wildman–Crippen MR) is 91.7 cm³/mol. The van der Waals surface area contributed by atoms with E-state index in [1.54, 1.807) is 19.1 Å². The topological polar surface area (TPSA) is 93.7 Å². The zero-order valence-corrected chi connectivity index (χ0v) is 15.1. The summed E-state index contributed by atoms with van der Waals surface area (Å²) >= 11 is 0. The molecule has 1 aromatic carbocycles. The van der Waals surface area contributed by atoms with E-state index in [2.05, 4.69) is 6.92 Å². The molecule has 1 aliphatic carbocycles. The van der Waals surface area contributed by atoms with Crippen molar-refractivity contribution in [1.82, 2.24) is 4.31 Å². The van der Waals surface area contributed by atoms with Gasteiger partial charge in [0.2, 0.25) is 10.0 Å². The molecule has 134 valence electrons. The maximum absolute atomic E-state index is 12.9. The van der Waals surface area contributed by atoms with Gasteiger partial charge in [0, 0.05) is 19.0 Å². The minimum Gasteiger partial charge on any atom is -0.464 e. The molecule has 0 N–H and O–H groups in total. The van der Waals surface area contributed by atoms with Crippen molar-refractivity contribution in [3.8, 4) is 0 Å². The highest BCUT2D eigenvalue weighted by atomic mass is 32.2. The molecule has 3 rings (SSSR count). The van der Waals surface area contributed by atoms with Crippen LogP contribution in [0.15, 0.2) is 39.6 Å². The van der Waals surface area contributed by atoms with E-state index in [1.807, 2.05) is 6.07 Å². The maximum Gasteiger partial charge on any atom is 0.289 e. The van der Waals surface area contributed by atoms with E-state index in [1.165, 1.54) is 19.2 Å². The van der Waals surface area contributed by atoms with Crippen LogP contribution in [-0.4, -0.2) is 24.7 Å². The van der Waals surface area contributed by atoms with Crippen molar-refractivity contribution in [2.45, 2.75) is 37.6 Å². The van der Waals surface area contributed by atoms with Gasteiger partial charge >= 0.3 is 0 Å². The van der Waals surface area contributed by atoms with Gasteiger partial charge in [0.25, 0.3) is 5.69 Å². The molecule has 1 saturated carbocycles. The van der Waals surface area contributed by atoms with Gasteiger partial charge < -0.3 is 4.42 Å². The summed E-state index contributed by atoms with van der Waals surface area (Å²) in [5, 5.41) is 11.2. The Balaban J connectivity index is 1.87. The van der Waals surface area contributed by atoms with Crippen molar-refractivity contribution in [1.29, 1.82) is 0 Å². The third kappa shape index (κ3) is 3.32. The van der Waals surface area contributed by atoms with Crippen LogP contribution in [0.3, 0.4) is 0 Å². The lowest BCUT2D eigenvalue weighted by Crippen LogP contribution is -2.27. The Hall–Kier alpha value is -2.19. The van der Waals surface area contributed by atoms with E-state index in [-0.39, 0.29) is 11.4 Å². The van der Waals surface area contributed by atoms with Crippen LogP contribution in [0.4, 0.5) is 5.69 Å². The van der Waals surface area contributed by atoms with Gasteiger partial charge in [0.1, 0.15) is 11.5 Å². The van der Waals surface area contributed by atoms with Crippen molar-refractivity contribution in [3.05, 3.63) is 57.5 Å². The first-order chi connectivity index (χ1) is 11.7. The molecule has 0 radical (unpaired) electrons. The third-order valence-electron chi connectivity index (χ3n) is 4.59. The quantitative estimate of drug-likeness (QED) is 0.578. The Morgan fingerprint density at radius 3 is 2.60 bits per heavy atom. The molecular formula is C17H20N2O5S. The zero-order valence-electron chi connectivity index (χ0n) is 14.3. The van der Waals surface area contributed by atoms with Crippen LogP contribution in [0.2, 0.25) is 0 Å². The summed E-state index contributed by atoms with van der Waals surface area (Å²) in [5.74, 6) is 2.40. The van der Waals surface area contributed by atoms with Gasteiger partial charge in [-0.1, -0.05) is 19.1 Å². The molecule has 2 unspecified atom stereocenters. The molecule has 1 heterocycles. The van der Waals surface area contributed by atoms with Gasteiger partial charge in [-0.05, 0) is 37.0 Å². The van der Waals surface area contributed by atoms with Gasteiger partial charge in [0.05, 0.1) is 11.5 Å². The summed E-state index contributed by atoms with van der Waals surface area (Å²) in [6.45, 7) is 3.71. The van der Waals surface area contributed by atoms with E-state index in [4.69, 9.17) is 4.42 Å². The maximum atomic E-state index is 12.9. The number of hydrogen-bond donors (Lipinski definition) is 0. The van der Waals surface area contributed by atoms with Crippen LogP contribution < -0.4 is 0 Å². The van der Waals surface area contributed by atoms with Crippen molar-refractivity contribution in [3.63, 3.8) is 0 Å². The first-order valence-corrected chi connectivity index (χ1v) is 9.44. The van der Waals surface area contributed by atoms with Crippen LogP contribution in [0.1, 0.15) is 36.3 Å². The first-order valence-electron chi connectivity index (χ1n) is 8.00. The molecule has 0 amide bonds. The average molecular weight is 364 g/mol. The van der Waals surface area contributed by atoms with Crippen LogP contribution in [0.5, 0.6) is 0 Å². The predicted octanol–water partition coefficient (Wildman–Crippen LogP) is 3.44. The van der Waals surface area contributed by atoms with Gasteiger partial charge in [-0.25, -0.2) is 8.42 Å². The molecule has 0 saturated heterocycles. The van der Waals surface area contributed by atoms with Crippen molar-refractivity contribution < 1.29 is 17.8 Å². The highest BCUT2D eigenvalue weighted by molar-refractivity contribution is 7.89. The Kier molecular flexibility index (Phi) is 4.42. The first kappa shape index (κ1) is 17.6. The average Bonchev–Trinajstić information content (AvgIpc) is 3.08. The lowest BCUT2D eigenvalue weighted by Gasteiger charge is -2.17. The number of furan rings is 1. The Morgan fingerprint density at radius 1 is 1.32 bits per heavy atom. The Labute approximate surface area is 146 Å². The minimum atomic E-state index is -4.02. The molecule has 1 aromatic heterocycles. The minimum absolute atomic E-state index is 0.0227. The lowest BCUT2D eigenvalue weighted by atomic mass is 10.2. The molecule has 7 nitrogen and oxygen atoms in total. The molecule has 8 heteroatoms. The third-order valence-corrected chi connectivity index (χ3v) is 6.59. The van der Waals surface area contributed by atoms with Crippen LogP contribution in [-0.2, 0) is 16.6 Å². The van der Waals surface area contributed by atoms with E-state index >= 15 is 0 Å². The largest absolute Gasteiger partial charge is 0.464 e. The second-order valence-corrected chi connectivity index (χ2v) is 8.55.